The van der Waals surface area contributed by atoms with E-state index in [1.54, 1.807) is 0 Å². The van der Waals surface area contributed by atoms with E-state index in [0.717, 1.165) is 62.9 Å². The van der Waals surface area contributed by atoms with E-state index in [4.69, 9.17) is 17.0 Å². The molecular weight excluding hydrogens is 384 g/mol. The van der Waals surface area contributed by atoms with Crippen molar-refractivity contribution < 1.29 is 4.74 Å². The van der Waals surface area contributed by atoms with Gasteiger partial charge >= 0.3 is 0 Å². The van der Waals surface area contributed by atoms with Crippen molar-refractivity contribution in [1.82, 2.24) is 30.2 Å². The third kappa shape index (κ3) is 6.24. The van der Waals surface area contributed by atoms with Gasteiger partial charge in [0.15, 0.2) is 5.11 Å². The van der Waals surface area contributed by atoms with E-state index < -0.39 is 0 Å². The number of ether oxygens (including phenoxy) is 1. The molecule has 0 aromatic rings. The zero-order valence-electron chi connectivity index (χ0n) is 18.2. The number of thiocarbonyl (C=S) groups is 1. The molecule has 5 heterocycles. The van der Waals surface area contributed by atoms with Gasteiger partial charge in [-0.25, -0.2) is 0 Å². The number of piperazine rings is 1. The van der Waals surface area contributed by atoms with Crippen LogP contribution in [0.1, 0.15) is 12.8 Å². The molecule has 4 atom stereocenters. The Morgan fingerprint density at radius 1 is 1.00 bits per heavy atom. The molecule has 2 bridgehead atoms. The van der Waals surface area contributed by atoms with Gasteiger partial charge in [0, 0.05) is 78.0 Å². The van der Waals surface area contributed by atoms with Crippen LogP contribution in [0, 0.1) is 11.8 Å². The van der Waals surface area contributed by atoms with E-state index in [1.165, 1.54) is 58.7 Å². The monoisotopic (exact) mass is 424 g/mol. The lowest BCUT2D eigenvalue weighted by atomic mass is 9.75. The first kappa shape index (κ1) is 21.7. The number of hydrogen-bond acceptors (Lipinski definition) is 6. The fourth-order valence-electron chi connectivity index (χ4n) is 5.46. The molecule has 1 unspecified atom stereocenters. The van der Waals surface area contributed by atoms with Gasteiger partial charge in [-0.05, 0) is 50.5 Å². The van der Waals surface area contributed by atoms with Gasteiger partial charge in [0.1, 0.15) is 0 Å². The maximum Gasteiger partial charge on any atom is 0.166 e. The number of fused-ring (bicyclic) bond motifs is 3. The number of nitrogens with zero attached hydrogens (tertiary/aromatic N) is 4. The Morgan fingerprint density at radius 2 is 1.79 bits per heavy atom. The Morgan fingerprint density at radius 3 is 2.52 bits per heavy atom. The minimum atomic E-state index is 0.650. The minimum absolute atomic E-state index is 0.650. The molecule has 5 rings (SSSR count). The number of likely N-dealkylation sites (N-methyl/N-ethyl adjacent to an activating group) is 1. The summed E-state index contributed by atoms with van der Waals surface area (Å²) in [4.78, 5) is 10.3. The molecule has 0 radical (unpaired) electrons. The lowest BCUT2D eigenvalue weighted by Gasteiger charge is -2.51. The van der Waals surface area contributed by atoms with Gasteiger partial charge in [-0.1, -0.05) is 0 Å². The van der Waals surface area contributed by atoms with Crippen LogP contribution < -0.4 is 10.6 Å². The summed E-state index contributed by atoms with van der Waals surface area (Å²) in [6.45, 7) is 15.5. The highest BCUT2D eigenvalue weighted by Crippen LogP contribution is 2.36. The molecular formula is C21H40N6OS. The average molecular weight is 425 g/mol. The standard InChI is InChI=1S/C21H40N6OS/c1-24-6-8-26(9-7-24)16-19-17-27-4-2-18(19)14-20(27)15-23-21(29)22-3-5-25-10-12-28-13-11-25/h18-20H,2-17H2,1H3,(H2,22,23,29)/t18-,19-,20+/m0/s1. The second-order valence-corrected chi connectivity index (χ2v) is 9.80. The van der Waals surface area contributed by atoms with Crippen molar-refractivity contribution in [3.05, 3.63) is 0 Å². The van der Waals surface area contributed by atoms with Crippen molar-refractivity contribution in [2.45, 2.75) is 18.9 Å². The molecule has 0 spiro atoms. The third-order valence-electron chi connectivity index (χ3n) is 7.42. The van der Waals surface area contributed by atoms with Crippen LogP contribution in [0.4, 0.5) is 0 Å². The minimum Gasteiger partial charge on any atom is -0.379 e. The highest BCUT2D eigenvalue weighted by molar-refractivity contribution is 7.80. The maximum atomic E-state index is 5.52. The van der Waals surface area contributed by atoms with Crippen LogP contribution in [0.25, 0.3) is 0 Å². The van der Waals surface area contributed by atoms with Crippen LogP contribution in [-0.2, 0) is 4.74 Å². The Hall–Kier alpha value is -0.510. The summed E-state index contributed by atoms with van der Waals surface area (Å²) < 4.78 is 5.40. The number of nitrogens with one attached hydrogen (secondary N) is 2. The summed E-state index contributed by atoms with van der Waals surface area (Å²) in [5, 5.41) is 7.70. The molecule has 0 saturated carbocycles. The Balaban J connectivity index is 1.12. The Bertz CT molecular complexity index is 523. The Labute approximate surface area is 182 Å². The summed E-state index contributed by atoms with van der Waals surface area (Å²) in [6, 6.07) is 0.650. The topological polar surface area (TPSA) is 46.2 Å². The van der Waals surface area contributed by atoms with Gasteiger partial charge < -0.3 is 25.2 Å². The molecule has 5 aliphatic heterocycles. The van der Waals surface area contributed by atoms with Gasteiger partial charge in [-0.3, -0.25) is 9.80 Å². The highest BCUT2D eigenvalue weighted by atomic mass is 32.1. The van der Waals surface area contributed by atoms with Crippen molar-refractivity contribution in [2.75, 3.05) is 98.8 Å². The molecule has 0 amide bonds. The summed E-state index contributed by atoms with van der Waals surface area (Å²) >= 11 is 5.52. The summed E-state index contributed by atoms with van der Waals surface area (Å²) in [5.74, 6) is 1.76. The Kier molecular flexibility index (Phi) is 8.00. The third-order valence-corrected chi connectivity index (χ3v) is 7.71. The quantitative estimate of drug-likeness (QED) is 0.542. The van der Waals surface area contributed by atoms with Crippen molar-refractivity contribution in [3.8, 4) is 0 Å². The number of rotatable bonds is 7. The molecule has 2 N–H and O–H groups in total. The van der Waals surface area contributed by atoms with Crippen LogP contribution in [0.3, 0.4) is 0 Å². The van der Waals surface area contributed by atoms with Gasteiger partial charge in [0.05, 0.1) is 13.2 Å². The fraction of sp³-hybridized carbons (Fsp3) is 0.952. The van der Waals surface area contributed by atoms with E-state index >= 15 is 0 Å². The molecule has 5 saturated heterocycles. The first-order valence-electron chi connectivity index (χ1n) is 11.6. The van der Waals surface area contributed by atoms with Gasteiger partial charge in [0.2, 0.25) is 0 Å². The fourth-order valence-corrected chi connectivity index (χ4v) is 5.64. The lowest BCUT2D eigenvalue weighted by Crippen LogP contribution is -2.59. The summed E-state index contributed by atoms with van der Waals surface area (Å²) in [5.41, 5.74) is 0. The molecule has 0 aromatic carbocycles. The molecule has 29 heavy (non-hydrogen) atoms. The number of morpholine rings is 1. The highest BCUT2D eigenvalue weighted by Gasteiger charge is 2.40. The van der Waals surface area contributed by atoms with E-state index in [1.807, 2.05) is 0 Å². The van der Waals surface area contributed by atoms with Crippen LogP contribution in [-0.4, -0.2) is 130 Å². The van der Waals surface area contributed by atoms with Gasteiger partial charge in [-0.2, -0.15) is 0 Å². The van der Waals surface area contributed by atoms with E-state index in [9.17, 15) is 0 Å². The SMILES string of the molecule is CN1CCN(C[C@H]2CN3CC[C@H]2C[C@@H]3CNC(=S)NCCN2CCOCC2)CC1. The van der Waals surface area contributed by atoms with Gasteiger partial charge in [0.25, 0.3) is 0 Å². The van der Waals surface area contributed by atoms with E-state index in [2.05, 4.69) is 37.3 Å². The smallest absolute Gasteiger partial charge is 0.166 e. The zero-order valence-corrected chi connectivity index (χ0v) is 19.0. The molecule has 0 aliphatic carbocycles. The first-order valence-corrected chi connectivity index (χ1v) is 12.0. The predicted molar refractivity (Wildman–Crippen MR) is 121 cm³/mol. The number of piperidine rings is 3. The van der Waals surface area contributed by atoms with Crippen LogP contribution in [0.5, 0.6) is 0 Å². The average Bonchev–Trinajstić information content (AvgIpc) is 2.75. The largest absolute Gasteiger partial charge is 0.379 e. The normalized spacial score (nSPS) is 34.2. The van der Waals surface area contributed by atoms with Crippen LogP contribution in [0.15, 0.2) is 0 Å². The molecule has 5 aliphatic rings. The second kappa shape index (κ2) is 10.7. The van der Waals surface area contributed by atoms with Crippen molar-refractivity contribution in [1.29, 1.82) is 0 Å². The first-order chi connectivity index (χ1) is 14.2. The van der Waals surface area contributed by atoms with Gasteiger partial charge in [-0.15, -0.1) is 0 Å². The molecule has 5 fully saturated rings. The van der Waals surface area contributed by atoms with Crippen LogP contribution >= 0.6 is 12.2 Å². The van der Waals surface area contributed by atoms with E-state index in [-0.39, 0.29) is 0 Å². The second-order valence-electron chi connectivity index (χ2n) is 9.39. The maximum absolute atomic E-state index is 5.52. The molecule has 8 heteroatoms. The molecule has 166 valence electrons. The predicted octanol–water partition coefficient (Wildman–Crippen LogP) is -0.259. The van der Waals surface area contributed by atoms with E-state index in [0.29, 0.717) is 6.04 Å². The van der Waals surface area contributed by atoms with Crippen molar-refractivity contribution in [2.24, 2.45) is 11.8 Å². The molecule has 7 nitrogen and oxygen atoms in total. The lowest BCUT2D eigenvalue weighted by molar-refractivity contribution is -0.0152. The summed E-state index contributed by atoms with van der Waals surface area (Å²) in [7, 11) is 2.24. The summed E-state index contributed by atoms with van der Waals surface area (Å²) in [6.07, 6.45) is 2.72. The van der Waals surface area contributed by atoms with Crippen LogP contribution in [0.2, 0.25) is 0 Å². The molecule has 0 aromatic heterocycles. The van der Waals surface area contributed by atoms with Crippen molar-refractivity contribution in [3.63, 3.8) is 0 Å². The van der Waals surface area contributed by atoms with Crippen molar-refractivity contribution >= 4 is 17.3 Å². The number of hydrogen-bond donors (Lipinski definition) is 2. The zero-order chi connectivity index (χ0) is 20.1.